The number of ether oxygens (including phenoxy) is 1. The second-order valence-electron chi connectivity index (χ2n) is 5.28. The molecule has 4 nitrogen and oxygen atoms in total. The summed E-state index contributed by atoms with van der Waals surface area (Å²) in [7, 11) is 0. The number of nitrogens with zero attached hydrogens (tertiary/aromatic N) is 1. The molecule has 1 fully saturated rings. The molecule has 1 unspecified atom stereocenters. The van der Waals surface area contributed by atoms with Crippen LogP contribution in [-0.2, 0) is 9.53 Å². The van der Waals surface area contributed by atoms with Crippen LogP contribution in [0.2, 0.25) is 0 Å². The highest BCUT2D eigenvalue weighted by Crippen LogP contribution is 2.24. The zero-order valence-corrected chi connectivity index (χ0v) is 12.6. The highest BCUT2D eigenvalue weighted by atomic mass is 16.5. The van der Waals surface area contributed by atoms with Crippen LogP contribution in [0.1, 0.15) is 29.7 Å². The van der Waals surface area contributed by atoms with Gasteiger partial charge in [-0.3, -0.25) is 4.90 Å². The maximum Gasteiger partial charge on any atom is 0.328 e. The first kappa shape index (κ1) is 15.0. The van der Waals surface area contributed by atoms with Gasteiger partial charge in [-0.25, -0.2) is 4.79 Å². The molecule has 20 heavy (non-hydrogen) atoms. The molecule has 2 rings (SSSR count). The molecule has 0 radical (unpaired) electrons. The molecule has 1 atom stereocenters. The lowest BCUT2D eigenvalue weighted by Crippen LogP contribution is -2.47. The molecule has 0 saturated carbocycles. The second kappa shape index (κ2) is 6.86. The Morgan fingerprint density at radius 3 is 2.60 bits per heavy atom. The summed E-state index contributed by atoms with van der Waals surface area (Å²) in [6, 6.07) is 5.96. The summed E-state index contributed by atoms with van der Waals surface area (Å²) in [4.78, 5) is 14.6. The molecule has 1 heterocycles. The molecule has 0 aromatic heterocycles. The Labute approximate surface area is 121 Å². The summed E-state index contributed by atoms with van der Waals surface area (Å²) in [5, 5.41) is 3.32. The third kappa shape index (κ3) is 3.38. The molecule has 1 aliphatic heterocycles. The molecule has 1 saturated heterocycles. The van der Waals surface area contributed by atoms with E-state index in [2.05, 4.69) is 36.2 Å². The number of carbonyl (C=O) groups is 1. The van der Waals surface area contributed by atoms with Crippen molar-refractivity contribution < 1.29 is 9.53 Å². The highest BCUT2D eigenvalue weighted by Gasteiger charge is 2.29. The lowest BCUT2D eigenvalue weighted by molar-refractivity contribution is -0.150. The number of benzene rings is 1. The normalized spacial score (nSPS) is 17.8. The van der Waals surface area contributed by atoms with Gasteiger partial charge in [0.25, 0.3) is 0 Å². The summed E-state index contributed by atoms with van der Waals surface area (Å²) in [5.74, 6) is -0.141. The van der Waals surface area contributed by atoms with Crippen molar-refractivity contribution in [3.63, 3.8) is 0 Å². The number of rotatable bonds is 4. The minimum Gasteiger partial charge on any atom is -0.465 e. The predicted molar refractivity (Wildman–Crippen MR) is 79.7 cm³/mol. The topological polar surface area (TPSA) is 41.6 Å². The first-order valence-electron chi connectivity index (χ1n) is 7.32. The molecular weight excluding hydrogens is 252 g/mol. The first-order valence-corrected chi connectivity index (χ1v) is 7.32. The second-order valence-corrected chi connectivity index (χ2v) is 5.28. The first-order chi connectivity index (χ1) is 9.63. The van der Waals surface area contributed by atoms with Gasteiger partial charge in [0.2, 0.25) is 0 Å². The lowest BCUT2D eigenvalue weighted by Gasteiger charge is -2.33. The molecule has 1 N–H and O–H groups in total. The van der Waals surface area contributed by atoms with Crippen molar-refractivity contribution in [2.24, 2.45) is 0 Å². The van der Waals surface area contributed by atoms with Gasteiger partial charge in [0.15, 0.2) is 0 Å². The summed E-state index contributed by atoms with van der Waals surface area (Å²) >= 11 is 0. The van der Waals surface area contributed by atoms with Gasteiger partial charge >= 0.3 is 5.97 Å². The zero-order chi connectivity index (χ0) is 14.5. The molecule has 1 aromatic rings. The number of esters is 1. The quantitative estimate of drug-likeness (QED) is 0.852. The molecule has 0 spiro atoms. The van der Waals surface area contributed by atoms with Crippen LogP contribution >= 0.6 is 0 Å². The van der Waals surface area contributed by atoms with Gasteiger partial charge < -0.3 is 10.1 Å². The number of hydrogen-bond acceptors (Lipinski definition) is 4. The fourth-order valence-corrected chi connectivity index (χ4v) is 2.59. The monoisotopic (exact) mass is 276 g/mol. The van der Waals surface area contributed by atoms with Crippen LogP contribution in [0.4, 0.5) is 0 Å². The third-order valence-electron chi connectivity index (χ3n) is 3.87. The number of piperazine rings is 1. The molecule has 0 aliphatic carbocycles. The van der Waals surface area contributed by atoms with Crippen molar-refractivity contribution in [1.29, 1.82) is 0 Å². The van der Waals surface area contributed by atoms with Gasteiger partial charge in [0, 0.05) is 26.2 Å². The van der Waals surface area contributed by atoms with E-state index in [1.807, 2.05) is 13.0 Å². The Hall–Kier alpha value is -1.39. The van der Waals surface area contributed by atoms with Crippen LogP contribution in [-0.4, -0.2) is 43.7 Å². The van der Waals surface area contributed by atoms with Crippen molar-refractivity contribution in [1.82, 2.24) is 10.2 Å². The fraction of sp³-hybridized carbons (Fsp3) is 0.562. The van der Waals surface area contributed by atoms with E-state index < -0.39 is 0 Å². The number of nitrogens with one attached hydrogen (secondary N) is 1. The smallest absolute Gasteiger partial charge is 0.328 e. The fourth-order valence-electron chi connectivity index (χ4n) is 2.59. The minimum absolute atomic E-state index is 0.141. The lowest BCUT2D eigenvalue weighted by atomic mass is 9.99. The Kier molecular flexibility index (Phi) is 5.15. The van der Waals surface area contributed by atoms with E-state index in [0.717, 1.165) is 31.7 Å². The number of carbonyl (C=O) groups excluding carboxylic acids is 1. The highest BCUT2D eigenvalue weighted by molar-refractivity contribution is 5.77. The molecular formula is C16H24N2O2. The van der Waals surface area contributed by atoms with Crippen LogP contribution in [0.3, 0.4) is 0 Å². The van der Waals surface area contributed by atoms with E-state index in [1.54, 1.807) is 0 Å². The summed E-state index contributed by atoms with van der Waals surface area (Å²) in [5.41, 5.74) is 3.50. The summed E-state index contributed by atoms with van der Waals surface area (Å²) in [6.07, 6.45) is 0. The Balaban J connectivity index is 2.28. The van der Waals surface area contributed by atoms with Gasteiger partial charge in [-0.15, -0.1) is 0 Å². The van der Waals surface area contributed by atoms with Crippen LogP contribution < -0.4 is 5.32 Å². The molecule has 110 valence electrons. The summed E-state index contributed by atoms with van der Waals surface area (Å²) in [6.45, 7) is 10.0. The molecule has 0 bridgehead atoms. The van der Waals surface area contributed by atoms with E-state index in [1.165, 1.54) is 11.1 Å². The van der Waals surface area contributed by atoms with Crippen molar-refractivity contribution in [3.05, 3.63) is 34.9 Å². The van der Waals surface area contributed by atoms with Crippen LogP contribution in [0.25, 0.3) is 0 Å². The SMILES string of the molecule is CCOC(=O)C(c1ccc(C)c(C)c1)N1CCNCC1. The van der Waals surface area contributed by atoms with E-state index in [4.69, 9.17) is 4.74 Å². The third-order valence-corrected chi connectivity index (χ3v) is 3.87. The van der Waals surface area contributed by atoms with Gasteiger partial charge in [0.1, 0.15) is 6.04 Å². The Morgan fingerprint density at radius 1 is 1.30 bits per heavy atom. The average molecular weight is 276 g/mol. The van der Waals surface area contributed by atoms with Crippen molar-refractivity contribution in [3.8, 4) is 0 Å². The van der Waals surface area contributed by atoms with Crippen molar-refractivity contribution >= 4 is 5.97 Å². The van der Waals surface area contributed by atoms with Gasteiger partial charge in [-0.1, -0.05) is 18.2 Å². The van der Waals surface area contributed by atoms with Crippen LogP contribution in [0.15, 0.2) is 18.2 Å². The van der Waals surface area contributed by atoms with Crippen LogP contribution in [0.5, 0.6) is 0 Å². The zero-order valence-electron chi connectivity index (χ0n) is 12.6. The van der Waals surface area contributed by atoms with Crippen LogP contribution in [0, 0.1) is 13.8 Å². The minimum atomic E-state index is -0.281. The molecule has 1 aliphatic rings. The maximum atomic E-state index is 12.4. The predicted octanol–water partition coefficient (Wildman–Crippen LogP) is 1.81. The number of aryl methyl sites for hydroxylation is 2. The van der Waals surface area contributed by atoms with E-state index in [-0.39, 0.29) is 12.0 Å². The van der Waals surface area contributed by atoms with E-state index in [0.29, 0.717) is 6.61 Å². The van der Waals surface area contributed by atoms with Crippen molar-refractivity contribution in [2.75, 3.05) is 32.8 Å². The van der Waals surface area contributed by atoms with Crippen molar-refractivity contribution in [2.45, 2.75) is 26.8 Å². The Bertz CT molecular complexity index is 468. The number of hydrogen-bond donors (Lipinski definition) is 1. The largest absolute Gasteiger partial charge is 0.465 e. The molecule has 4 heteroatoms. The standard InChI is InChI=1S/C16H24N2O2/c1-4-20-16(19)15(18-9-7-17-8-10-18)14-6-5-12(2)13(3)11-14/h5-6,11,15,17H,4,7-10H2,1-3H3. The average Bonchev–Trinajstić information content (AvgIpc) is 2.44. The Morgan fingerprint density at radius 2 is 2.00 bits per heavy atom. The maximum absolute atomic E-state index is 12.4. The molecule has 1 aromatic carbocycles. The van der Waals surface area contributed by atoms with E-state index >= 15 is 0 Å². The van der Waals surface area contributed by atoms with Gasteiger partial charge in [0.05, 0.1) is 6.61 Å². The summed E-state index contributed by atoms with van der Waals surface area (Å²) < 4.78 is 5.28. The van der Waals surface area contributed by atoms with Gasteiger partial charge in [-0.05, 0) is 37.5 Å². The molecule has 0 amide bonds. The van der Waals surface area contributed by atoms with Gasteiger partial charge in [-0.2, -0.15) is 0 Å². The van der Waals surface area contributed by atoms with E-state index in [9.17, 15) is 4.79 Å².